The number of nitrogen functional groups attached to an aromatic ring is 1. The molecule has 2 nitrogen and oxygen atoms in total. The lowest BCUT2D eigenvalue weighted by molar-refractivity contribution is 0.454. The molecule has 0 spiro atoms. The van der Waals surface area contributed by atoms with Gasteiger partial charge in [-0.1, -0.05) is 26.2 Å². The number of rotatable bonds is 2. The predicted molar refractivity (Wildman–Crippen MR) is 70.5 cm³/mol. The zero-order chi connectivity index (χ0) is 12.3. The summed E-state index contributed by atoms with van der Waals surface area (Å²) in [5, 5.41) is 3.34. The van der Waals surface area contributed by atoms with Gasteiger partial charge in [0.1, 0.15) is 5.82 Å². The highest BCUT2D eigenvalue weighted by molar-refractivity contribution is 5.53. The lowest BCUT2D eigenvalue weighted by Crippen LogP contribution is -2.26. The van der Waals surface area contributed by atoms with Gasteiger partial charge in [-0.15, -0.1) is 0 Å². The molecule has 3 N–H and O–H groups in total. The molecule has 1 aliphatic rings. The first kappa shape index (κ1) is 12.2. The van der Waals surface area contributed by atoms with Crippen LogP contribution in [0.3, 0.4) is 0 Å². The third kappa shape index (κ3) is 3.11. The van der Waals surface area contributed by atoms with Crippen molar-refractivity contribution in [3.05, 3.63) is 24.0 Å². The van der Waals surface area contributed by atoms with Crippen molar-refractivity contribution in [3.63, 3.8) is 0 Å². The number of benzene rings is 1. The molecule has 2 atom stereocenters. The maximum Gasteiger partial charge on any atom is 0.148 e. The highest BCUT2D eigenvalue weighted by atomic mass is 19.1. The maximum atomic E-state index is 13.7. The SMILES string of the molecule is CC1CCCCCC1Nc1ccc(N)cc1F. The van der Waals surface area contributed by atoms with E-state index in [0.717, 1.165) is 6.42 Å². The fraction of sp³-hybridized carbons (Fsp3) is 0.571. The second-order valence-electron chi connectivity index (χ2n) is 5.11. The molecule has 1 aromatic rings. The molecule has 0 heterocycles. The van der Waals surface area contributed by atoms with Crippen molar-refractivity contribution in [1.29, 1.82) is 0 Å². The van der Waals surface area contributed by atoms with Crippen LogP contribution in [0.25, 0.3) is 0 Å². The maximum absolute atomic E-state index is 13.7. The van der Waals surface area contributed by atoms with Crippen LogP contribution in [0.5, 0.6) is 0 Å². The number of hydrogen-bond donors (Lipinski definition) is 2. The monoisotopic (exact) mass is 236 g/mol. The molecule has 3 heteroatoms. The molecular weight excluding hydrogens is 215 g/mol. The number of nitrogens with one attached hydrogen (secondary N) is 1. The Bertz CT molecular complexity index is 378. The number of nitrogens with two attached hydrogens (primary N) is 1. The zero-order valence-electron chi connectivity index (χ0n) is 10.4. The van der Waals surface area contributed by atoms with E-state index in [4.69, 9.17) is 5.73 Å². The molecule has 94 valence electrons. The molecule has 0 amide bonds. The molecule has 0 aromatic heterocycles. The summed E-state index contributed by atoms with van der Waals surface area (Å²) in [4.78, 5) is 0. The van der Waals surface area contributed by atoms with Crippen molar-refractivity contribution in [2.45, 2.75) is 45.1 Å². The van der Waals surface area contributed by atoms with Gasteiger partial charge in [0.05, 0.1) is 5.69 Å². The van der Waals surface area contributed by atoms with Gasteiger partial charge in [-0.3, -0.25) is 0 Å². The van der Waals surface area contributed by atoms with E-state index in [-0.39, 0.29) is 5.82 Å². The molecule has 1 saturated carbocycles. The Hall–Kier alpha value is -1.25. The summed E-state index contributed by atoms with van der Waals surface area (Å²) in [7, 11) is 0. The summed E-state index contributed by atoms with van der Waals surface area (Å²) in [6.45, 7) is 2.25. The van der Waals surface area contributed by atoms with Crippen molar-refractivity contribution in [2.24, 2.45) is 5.92 Å². The summed E-state index contributed by atoms with van der Waals surface area (Å²) in [6.07, 6.45) is 6.19. The highest BCUT2D eigenvalue weighted by Gasteiger charge is 2.20. The van der Waals surface area contributed by atoms with Gasteiger partial charge in [0.2, 0.25) is 0 Å². The Morgan fingerprint density at radius 2 is 2.00 bits per heavy atom. The molecule has 1 aromatic carbocycles. The summed E-state index contributed by atoms with van der Waals surface area (Å²) < 4.78 is 13.7. The summed E-state index contributed by atoms with van der Waals surface area (Å²) >= 11 is 0. The average molecular weight is 236 g/mol. The van der Waals surface area contributed by atoms with E-state index >= 15 is 0 Å². The van der Waals surface area contributed by atoms with Crippen LogP contribution in [0, 0.1) is 11.7 Å². The minimum atomic E-state index is -0.249. The van der Waals surface area contributed by atoms with E-state index in [9.17, 15) is 4.39 Å². The second kappa shape index (κ2) is 5.39. The number of halogens is 1. The quantitative estimate of drug-likeness (QED) is 0.605. The largest absolute Gasteiger partial charge is 0.399 e. The van der Waals surface area contributed by atoms with Crippen LogP contribution in [0.15, 0.2) is 18.2 Å². The van der Waals surface area contributed by atoms with E-state index in [2.05, 4.69) is 12.2 Å². The first-order chi connectivity index (χ1) is 8.16. The fourth-order valence-electron chi connectivity index (χ4n) is 2.56. The smallest absolute Gasteiger partial charge is 0.148 e. The minimum Gasteiger partial charge on any atom is -0.399 e. The lowest BCUT2D eigenvalue weighted by atomic mass is 9.96. The Labute approximate surface area is 102 Å². The van der Waals surface area contributed by atoms with E-state index in [0.29, 0.717) is 23.3 Å². The van der Waals surface area contributed by atoms with Gasteiger partial charge in [-0.2, -0.15) is 0 Å². The summed E-state index contributed by atoms with van der Waals surface area (Å²) in [5.41, 5.74) is 6.60. The first-order valence-corrected chi connectivity index (χ1v) is 6.48. The van der Waals surface area contributed by atoms with Gasteiger partial charge in [0.15, 0.2) is 0 Å². The van der Waals surface area contributed by atoms with E-state index < -0.39 is 0 Å². The lowest BCUT2D eigenvalue weighted by Gasteiger charge is -2.24. The molecule has 0 aliphatic heterocycles. The van der Waals surface area contributed by atoms with E-state index in [1.165, 1.54) is 31.7 Å². The van der Waals surface area contributed by atoms with Gasteiger partial charge < -0.3 is 11.1 Å². The van der Waals surface area contributed by atoms with E-state index in [1.807, 2.05) is 0 Å². The van der Waals surface area contributed by atoms with Crippen molar-refractivity contribution in [2.75, 3.05) is 11.1 Å². The molecule has 17 heavy (non-hydrogen) atoms. The van der Waals surface area contributed by atoms with Crippen LogP contribution in [0.2, 0.25) is 0 Å². The predicted octanol–water partition coefficient (Wildman–Crippen LogP) is 3.79. The molecule has 0 bridgehead atoms. The standard InChI is InChI=1S/C14H21FN2/c1-10-5-3-2-4-6-13(10)17-14-8-7-11(16)9-12(14)15/h7-10,13,17H,2-6,16H2,1H3. The average Bonchev–Trinajstić information content (AvgIpc) is 2.48. The van der Waals surface area contributed by atoms with Gasteiger partial charge >= 0.3 is 0 Å². The summed E-state index contributed by atoms with van der Waals surface area (Å²) in [6, 6.07) is 5.24. The topological polar surface area (TPSA) is 38.0 Å². The zero-order valence-corrected chi connectivity index (χ0v) is 10.4. The van der Waals surface area contributed by atoms with E-state index in [1.54, 1.807) is 12.1 Å². The molecule has 0 saturated heterocycles. The van der Waals surface area contributed by atoms with Crippen LogP contribution in [0.4, 0.5) is 15.8 Å². The molecular formula is C14H21FN2. The Kier molecular flexibility index (Phi) is 3.87. The number of hydrogen-bond acceptors (Lipinski definition) is 2. The van der Waals surface area contributed by atoms with Gasteiger partial charge in [-0.25, -0.2) is 4.39 Å². The van der Waals surface area contributed by atoms with Crippen LogP contribution in [0.1, 0.15) is 39.0 Å². The highest BCUT2D eigenvalue weighted by Crippen LogP contribution is 2.27. The molecule has 2 unspecified atom stereocenters. The Morgan fingerprint density at radius 3 is 2.76 bits per heavy atom. The van der Waals surface area contributed by atoms with Gasteiger partial charge in [0, 0.05) is 11.7 Å². The molecule has 0 radical (unpaired) electrons. The Balaban J connectivity index is 2.08. The molecule has 1 aliphatic carbocycles. The minimum absolute atomic E-state index is 0.249. The van der Waals surface area contributed by atoms with Gasteiger partial charge in [-0.05, 0) is 37.0 Å². The van der Waals surface area contributed by atoms with Crippen molar-refractivity contribution >= 4 is 11.4 Å². The normalized spacial score (nSPS) is 25.3. The number of anilines is 2. The fourth-order valence-corrected chi connectivity index (χ4v) is 2.56. The van der Waals surface area contributed by atoms with Crippen molar-refractivity contribution in [1.82, 2.24) is 0 Å². The second-order valence-corrected chi connectivity index (χ2v) is 5.11. The summed E-state index contributed by atoms with van der Waals surface area (Å²) in [5.74, 6) is 0.357. The molecule has 2 rings (SSSR count). The third-order valence-electron chi connectivity index (χ3n) is 3.70. The van der Waals surface area contributed by atoms with Crippen LogP contribution in [-0.2, 0) is 0 Å². The van der Waals surface area contributed by atoms with Crippen LogP contribution < -0.4 is 11.1 Å². The van der Waals surface area contributed by atoms with Crippen molar-refractivity contribution in [3.8, 4) is 0 Å². The van der Waals surface area contributed by atoms with Crippen LogP contribution in [-0.4, -0.2) is 6.04 Å². The third-order valence-corrected chi connectivity index (χ3v) is 3.70. The van der Waals surface area contributed by atoms with Crippen molar-refractivity contribution < 1.29 is 4.39 Å². The van der Waals surface area contributed by atoms with Crippen LogP contribution >= 0.6 is 0 Å². The van der Waals surface area contributed by atoms with Gasteiger partial charge in [0.25, 0.3) is 0 Å². The Morgan fingerprint density at radius 1 is 1.24 bits per heavy atom. The molecule has 1 fully saturated rings. The first-order valence-electron chi connectivity index (χ1n) is 6.48.